The van der Waals surface area contributed by atoms with Crippen molar-refractivity contribution in [3.05, 3.63) is 24.4 Å². The van der Waals surface area contributed by atoms with E-state index in [1.807, 2.05) is 13.8 Å². The Hall–Kier alpha value is -2.33. The summed E-state index contributed by atoms with van der Waals surface area (Å²) in [5, 5.41) is 5.19. The molecule has 0 aliphatic carbocycles. The Morgan fingerprint density at radius 2 is 2.03 bits per heavy atom. The van der Waals surface area contributed by atoms with Crippen LogP contribution in [0.3, 0.4) is 0 Å². The Morgan fingerprint density at radius 1 is 1.31 bits per heavy atom. The van der Waals surface area contributed by atoms with Crippen LogP contribution in [0, 0.1) is 5.92 Å². The number of aromatic nitrogens is 1. The first-order chi connectivity index (χ1) is 13.6. The summed E-state index contributed by atoms with van der Waals surface area (Å²) in [6.45, 7) is 5.02. The SMILES string of the molecule is CC(=O)N[C@@H](CC(C)C)C(=O)NC1CCCN(S(=O)(=O)c2ccccn2)CC1=O. The summed E-state index contributed by atoms with van der Waals surface area (Å²) >= 11 is 0. The molecule has 0 radical (unpaired) electrons. The first-order valence-electron chi connectivity index (χ1n) is 9.62. The van der Waals surface area contributed by atoms with Crippen LogP contribution in [0.5, 0.6) is 0 Å². The highest BCUT2D eigenvalue weighted by Gasteiger charge is 2.34. The second-order valence-corrected chi connectivity index (χ2v) is 9.44. The molecule has 1 fully saturated rings. The summed E-state index contributed by atoms with van der Waals surface area (Å²) in [7, 11) is -3.89. The zero-order valence-corrected chi connectivity index (χ0v) is 17.7. The zero-order chi connectivity index (χ0) is 21.6. The number of Topliss-reactive ketones (excluding diaryl/α,β-unsaturated/α-hetero) is 1. The van der Waals surface area contributed by atoms with Crippen molar-refractivity contribution in [2.75, 3.05) is 13.1 Å². The Bertz CT molecular complexity index is 841. The van der Waals surface area contributed by atoms with E-state index in [0.29, 0.717) is 19.3 Å². The monoisotopic (exact) mass is 424 g/mol. The van der Waals surface area contributed by atoms with Crippen molar-refractivity contribution < 1.29 is 22.8 Å². The maximum Gasteiger partial charge on any atom is 0.260 e. The van der Waals surface area contributed by atoms with Crippen LogP contribution < -0.4 is 10.6 Å². The van der Waals surface area contributed by atoms with Crippen LogP contribution in [-0.4, -0.2) is 60.5 Å². The van der Waals surface area contributed by atoms with E-state index in [4.69, 9.17) is 0 Å². The summed E-state index contributed by atoms with van der Waals surface area (Å²) in [6, 6.07) is 3.03. The summed E-state index contributed by atoms with van der Waals surface area (Å²) in [5.41, 5.74) is 0. The molecule has 9 nitrogen and oxygen atoms in total. The molecular weight excluding hydrogens is 396 g/mol. The maximum absolute atomic E-state index is 12.7. The number of nitrogens with zero attached hydrogens (tertiary/aromatic N) is 2. The lowest BCUT2D eigenvalue weighted by atomic mass is 10.0. The van der Waals surface area contributed by atoms with E-state index in [1.165, 1.54) is 19.2 Å². The van der Waals surface area contributed by atoms with Crippen LogP contribution in [0.15, 0.2) is 29.4 Å². The molecule has 2 amide bonds. The number of rotatable bonds is 7. The molecule has 1 unspecified atom stereocenters. The summed E-state index contributed by atoms with van der Waals surface area (Å²) in [6.07, 6.45) is 2.56. The fourth-order valence-corrected chi connectivity index (χ4v) is 4.58. The van der Waals surface area contributed by atoms with E-state index in [-0.39, 0.29) is 35.7 Å². The highest BCUT2D eigenvalue weighted by molar-refractivity contribution is 7.89. The number of amides is 2. The molecule has 0 bridgehead atoms. The van der Waals surface area contributed by atoms with Gasteiger partial charge in [-0.1, -0.05) is 19.9 Å². The normalized spacial score (nSPS) is 19.4. The van der Waals surface area contributed by atoms with Crippen molar-refractivity contribution in [2.45, 2.75) is 57.1 Å². The van der Waals surface area contributed by atoms with Crippen molar-refractivity contribution in [3.8, 4) is 0 Å². The standard InChI is InChI=1S/C19H28N4O5S/c1-13(2)11-16(21-14(3)24)19(26)22-15-7-6-10-23(12-17(15)25)29(27,28)18-8-4-5-9-20-18/h4-5,8-9,13,15-16H,6-7,10-12H2,1-3H3,(H,21,24)(H,22,26)/t15?,16-/m0/s1. The number of nitrogens with one attached hydrogen (secondary N) is 2. The Balaban J connectivity index is 2.09. The number of sulfonamides is 1. The topological polar surface area (TPSA) is 126 Å². The van der Waals surface area contributed by atoms with E-state index in [1.54, 1.807) is 12.1 Å². The molecule has 1 saturated heterocycles. The molecule has 1 aromatic heterocycles. The number of carbonyl (C=O) groups excluding carboxylic acids is 3. The first kappa shape index (κ1) is 23.0. The minimum absolute atomic E-state index is 0.113. The molecule has 1 aliphatic heterocycles. The molecule has 29 heavy (non-hydrogen) atoms. The number of carbonyl (C=O) groups is 3. The van der Waals surface area contributed by atoms with Gasteiger partial charge in [-0.2, -0.15) is 4.31 Å². The minimum atomic E-state index is -3.89. The predicted octanol–water partition coefficient (Wildman–Crippen LogP) is 0.471. The Kier molecular flexibility index (Phi) is 7.86. The molecule has 1 aromatic rings. The van der Waals surface area contributed by atoms with Crippen LogP contribution in [0.4, 0.5) is 0 Å². The number of hydrogen-bond donors (Lipinski definition) is 2. The fraction of sp³-hybridized carbons (Fsp3) is 0.579. The van der Waals surface area contributed by atoms with Crippen molar-refractivity contribution in [3.63, 3.8) is 0 Å². The maximum atomic E-state index is 12.7. The Morgan fingerprint density at radius 3 is 2.62 bits per heavy atom. The zero-order valence-electron chi connectivity index (χ0n) is 16.9. The van der Waals surface area contributed by atoms with Crippen molar-refractivity contribution in [1.82, 2.24) is 19.9 Å². The molecule has 2 heterocycles. The summed E-state index contributed by atoms with van der Waals surface area (Å²) in [5.74, 6) is -0.984. The van der Waals surface area contributed by atoms with Gasteiger partial charge in [0, 0.05) is 19.7 Å². The van der Waals surface area contributed by atoms with Gasteiger partial charge in [-0.3, -0.25) is 14.4 Å². The molecule has 0 saturated carbocycles. The van der Waals surface area contributed by atoms with Gasteiger partial charge in [0.05, 0.1) is 12.6 Å². The largest absolute Gasteiger partial charge is 0.345 e. The average molecular weight is 425 g/mol. The van der Waals surface area contributed by atoms with Crippen molar-refractivity contribution in [2.24, 2.45) is 5.92 Å². The molecule has 0 spiro atoms. The van der Waals surface area contributed by atoms with Gasteiger partial charge >= 0.3 is 0 Å². The molecule has 0 aromatic carbocycles. The lowest BCUT2D eigenvalue weighted by Gasteiger charge is -2.23. The molecule has 2 rings (SSSR count). The average Bonchev–Trinajstić information content (AvgIpc) is 2.83. The van der Waals surface area contributed by atoms with E-state index >= 15 is 0 Å². The fourth-order valence-electron chi connectivity index (χ4n) is 3.21. The highest BCUT2D eigenvalue weighted by atomic mass is 32.2. The summed E-state index contributed by atoms with van der Waals surface area (Å²) in [4.78, 5) is 40.6. The van der Waals surface area contributed by atoms with E-state index in [9.17, 15) is 22.8 Å². The van der Waals surface area contributed by atoms with E-state index < -0.39 is 28.0 Å². The third-order valence-corrected chi connectivity index (χ3v) is 6.34. The smallest absolute Gasteiger partial charge is 0.260 e. The molecular formula is C19H28N4O5S. The molecule has 2 atom stereocenters. The second kappa shape index (κ2) is 9.93. The van der Waals surface area contributed by atoms with Gasteiger partial charge < -0.3 is 10.6 Å². The third-order valence-electron chi connectivity index (χ3n) is 4.58. The van der Waals surface area contributed by atoms with Crippen LogP contribution in [-0.2, 0) is 24.4 Å². The number of ketones is 1. The van der Waals surface area contributed by atoms with Crippen LogP contribution >= 0.6 is 0 Å². The predicted molar refractivity (Wildman–Crippen MR) is 106 cm³/mol. The van der Waals surface area contributed by atoms with Crippen molar-refractivity contribution >= 4 is 27.6 Å². The number of pyridine rings is 1. The highest BCUT2D eigenvalue weighted by Crippen LogP contribution is 2.18. The lowest BCUT2D eigenvalue weighted by molar-refractivity contribution is -0.131. The van der Waals surface area contributed by atoms with Gasteiger partial charge in [-0.15, -0.1) is 0 Å². The first-order valence-corrected chi connectivity index (χ1v) is 11.1. The van der Waals surface area contributed by atoms with Crippen LogP contribution in [0.1, 0.15) is 40.0 Å². The molecule has 1 aliphatic rings. The van der Waals surface area contributed by atoms with Crippen LogP contribution in [0.25, 0.3) is 0 Å². The lowest BCUT2D eigenvalue weighted by Crippen LogP contribution is -2.52. The van der Waals surface area contributed by atoms with Gasteiger partial charge in [0.2, 0.25) is 11.8 Å². The number of hydrogen-bond acceptors (Lipinski definition) is 6. The molecule has 10 heteroatoms. The minimum Gasteiger partial charge on any atom is -0.345 e. The van der Waals surface area contributed by atoms with Crippen LogP contribution in [0.2, 0.25) is 0 Å². The molecule has 160 valence electrons. The van der Waals surface area contributed by atoms with E-state index in [0.717, 1.165) is 4.31 Å². The van der Waals surface area contributed by atoms with Gasteiger partial charge in [-0.05, 0) is 37.3 Å². The van der Waals surface area contributed by atoms with Gasteiger partial charge in [-0.25, -0.2) is 13.4 Å². The quantitative estimate of drug-likeness (QED) is 0.655. The Labute approximate surface area is 171 Å². The van der Waals surface area contributed by atoms with Gasteiger partial charge in [0.15, 0.2) is 10.8 Å². The third kappa shape index (κ3) is 6.33. The summed E-state index contributed by atoms with van der Waals surface area (Å²) < 4.78 is 26.6. The second-order valence-electron chi connectivity index (χ2n) is 7.56. The van der Waals surface area contributed by atoms with Gasteiger partial charge in [0.25, 0.3) is 10.0 Å². The van der Waals surface area contributed by atoms with E-state index in [2.05, 4.69) is 15.6 Å². The van der Waals surface area contributed by atoms with Gasteiger partial charge in [0.1, 0.15) is 6.04 Å². The van der Waals surface area contributed by atoms with Crippen molar-refractivity contribution in [1.29, 1.82) is 0 Å². The molecule has 2 N–H and O–H groups in total.